The van der Waals surface area contributed by atoms with Crippen LogP contribution < -0.4 is 5.32 Å². The first-order valence-corrected chi connectivity index (χ1v) is 9.25. The Morgan fingerprint density at radius 2 is 1.81 bits per heavy atom. The van der Waals surface area contributed by atoms with E-state index in [1.165, 1.54) is 0 Å². The van der Waals surface area contributed by atoms with E-state index in [9.17, 15) is 19.2 Å². The lowest BCUT2D eigenvalue weighted by Gasteiger charge is -2.36. The molecular weight excluding hydrogens is 348 g/mol. The maximum atomic E-state index is 12.8. The number of amides is 5. The van der Waals surface area contributed by atoms with Crippen LogP contribution in [0.2, 0.25) is 0 Å². The highest BCUT2D eigenvalue weighted by Gasteiger charge is 2.40. The molecule has 4 aliphatic rings. The zero-order chi connectivity index (χ0) is 19.0. The molecule has 142 valence electrons. The van der Waals surface area contributed by atoms with Gasteiger partial charge in [0.2, 0.25) is 5.91 Å². The predicted molar refractivity (Wildman–Crippen MR) is 95.7 cm³/mol. The van der Waals surface area contributed by atoms with Crippen LogP contribution in [-0.2, 0) is 9.59 Å². The van der Waals surface area contributed by atoms with Crippen LogP contribution in [0.15, 0.2) is 30.3 Å². The number of imide groups is 1. The predicted octanol–water partition coefficient (Wildman–Crippen LogP) is 0.301. The number of urea groups is 1. The Morgan fingerprint density at radius 1 is 1.04 bits per heavy atom. The molecule has 0 aromatic heterocycles. The van der Waals surface area contributed by atoms with E-state index in [2.05, 4.69) is 5.32 Å². The van der Waals surface area contributed by atoms with Crippen LogP contribution >= 0.6 is 0 Å². The Hall–Kier alpha value is -2.90. The number of carbonyl (C=O) groups is 4. The maximum absolute atomic E-state index is 12.8. The van der Waals surface area contributed by atoms with Gasteiger partial charge < -0.3 is 15.1 Å². The first kappa shape index (κ1) is 17.5. The zero-order valence-corrected chi connectivity index (χ0v) is 15.0. The summed E-state index contributed by atoms with van der Waals surface area (Å²) >= 11 is 0. The van der Waals surface area contributed by atoms with Gasteiger partial charge in [-0.25, -0.2) is 4.79 Å². The molecule has 5 rings (SSSR count). The molecule has 0 aliphatic carbocycles. The third kappa shape index (κ3) is 3.39. The highest BCUT2D eigenvalue weighted by molar-refractivity contribution is 6.04. The van der Waals surface area contributed by atoms with Crippen molar-refractivity contribution in [1.82, 2.24) is 20.0 Å². The van der Waals surface area contributed by atoms with Crippen molar-refractivity contribution >= 4 is 23.8 Å². The molecule has 2 atom stereocenters. The maximum Gasteiger partial charge on any atom is 0.325 e. The van der Waals surface area contributed by atoms with E-state index in [-0.39, 0.29) is 42.8 Å². The number of hydrogen-bond donors (Lipinski definition) is 1. The van der Waals surface area contributed by atoms with E-state index < -0.39 is 6.03 Å². The Balaban J connectivity index is 1.46. The fourth-order valence-corrected chi connectivity index (χ4v) is 4.16. The summed E-state index contributed by atoms with van der Waals surface area (Å²) in [7, 11) is 0. The molecule has 8 heteroatoms. The first-order valence-electron chi connectivity index (χ1n) is 9.25. The van der Waals surface area contributed by atoms with Gasteiger partial charge in [-0.2, -0.15) is 0 Å². The number of hydrogen-bond acceptors (Lipinski definition) is 4. The summed E-state index contributed by atoms with van der Waals surface area (Å²) < 4.78 is 0. The summed E-state index contributed by atoms with van der Waals surface area (Å²) in [5.41, 5.74) is 0.649. The summed E-state index contributed by atoms with van der Waals surface area (Å²) in [6, 6.07) is 8.56. The molecule has 0 spiro atoms. The van der Waals surface area contributed by atoms with Crippen molar-refractivity contribution in [3.63, 3.8) is 0 Å². The molecule has 5 amide bonds. The van der Waals surface area contributed by atoms with Gasteiger partial charge in [-0.1, -0.05) is 18.2 Å². The zero-order valence-electron chi connectivity index (χ0n) is 15.0. The number of nitrogens with zero attached hydrogens (tertiary/aromatic N) is 3. The fourth-order valence-electron chi connectivity index (χ4n) is 4.16. The summed E-state index contributed by atoms with van der Waals surface area (Å²) in [5, 5.41) is 2.43. The Morgan fingerprint density at radius 3 is 2.52 bits per heavy atom. The van der Waals surface area contributed by atoms with Crippen LogP contribution in [0.4, 0.5) is 4.79 Å². The topological polar surface area (TPSA) is 90.0 Å². The normalized spacial score (nSPS) is 24.8. The standard InChI is InChI=1S/C19H22N4O4/c24-16-8-20-19(27)23(16)12-17(25)22-10-13-6-7-15(22)11-21(9-13)18(26)14-4-2-1-3-5-14/h1-5,13,15H,6-12H2,(H,20,27)/t13-,15+/m0/s1. The number of piperidine rings is 1. The molecule has 8 nitrogen and oxygen atoms in total. The van der Waals surface area contributed by atoms with Crippen LogP contribution in [0.5, 0.6) is 0 Å². The third-order valence-electron chi connectivity index (χ3n) is 5.57. The molecule has 27 heavy (non-hydrogen) atoms. The summed E-state index contributed by atoms with van der Waals surface area (Å²) in [6.45, 7) is 1.37. The molecular formula is C19H22N4O4. The van der Waals surface area contributed by atoms with E-state index >= 15 is 0 Å². The number of fused-ring (bicyclic) bond motifs is 4. The van der Waals surface area contributed by atoms with E-state index in [1.54, 1.807) is 17.0 Å². The Labute approximate surface area is 157 Å². The van der Waals surface area contributed by atoms with Gasteiger partial charge in [0, 0.05) is 31.2 Å². The lowest BCUT2D eigenvalue weighted by molar-refractivity contribution is -0.139. The van der Waals surface area contributed by atoms with E-state index in [4.69, 9.17) is 0 Å². The van der Waals surface area contributed by atoms with E-state index in [0.717, 1.165) is 17.7 Å². The van der Waals surface area contributed by atoms with Crippen molar-refractivity contribution < 1.29 is 19.2 Å². The van der Waals surface area contributed by atoms with Crippen LogP contribution in [0.3, 0.4) is 0 Å². The molecule has 2 bridgehead atoms. The SMILES string of the molecule is O=C(c1ccccc1)N1C[C@@H]2CC[C@H](C1)N(C(=O)CN1C(=O)CNC1=O)C2. The Bertz CT molecular complexity index is 765. The van der Waals surface area contributed by atoms with Gasteiger partial charge in [0.15, 0.2) is 0 Å². The van der Waals surface area contributed by atoms with Crippen molar-refractivity contribution in [3.05, 3.63) is 35.9 Å². The van der Waals surface area contributed by atoms with E-state index in [0.29, 0.717) is 25.2 Å². The number of carbonyl (C=O) groups excluding carboxylic acids is 4. The number of benzene rings is 1. The van der Waals surface area contributed by atoms with Crippen molar-refractivity contribution in [2.24, 2.45) is 5.92 Å². The lowest BCUT2D eigenvalue weighted by Crippen LogP contribution is -2.51. The van der Waals surface area contributed by atoms with Gasteiger partial charge in [0.1, 0.15) is 6.54 Å². The van der Waals surface area contributed by atoms with Gasteiger partial charge in [-0.15, -0.1) is 0 Å². The summed E-state index contributed by atoms with van der Waals surface area (Å²) in [4.78, 5) is 53.6. The van der Waals surface area contributed by atoms with Gasteiger partial charge in [-0.3, -0.25) is 19.3 Å². The van der Waals surface area contributed by atoms with Crippen LogP contribution in [0.25, 0.3) is 0 Å². The van der Waals surface area contributed by atoms with Crippen molar-refractivity contribution in [3.8, 4) is 0 Å². The van der Waals surface area contributed by atoms with Crippen molar-refractivity contribution in [2.45, 2.75) is 18.9 Å². The molecule has 1 aromatic carbocycles. The average molecular weight is 370 g/mol. The van der Waals surface area contributed by atoms with E-state index in [1.807, 2.05) is 23.1 Å². The monoisotopic (exact) mass is 370 g/mol. The molecule has 1 N–H and O–H groups in total. The average Bonchev–Trinajstić information content (AvgIpc) is 2.88. The molecule has 4 aliphatic heterocycles. The molecule has 4 fully saturated rings. The molecule has 1 aromatic rings. The molecule has 0 saturated carbocycles. The van der Waals surface area contributed by atoms with Gasteiger partial charge >= 0.3 is 6.03 Å². The second-order valence-electron chi connectivity index (χ2n) is 7.36. The second-order valence-corrected chi connectivity index (χ2v) is 7.36. The summed E-state index contributed by atoms with van der Waals surface area (Å²) in [5.74, 6) is -0.419. The Kier molecular flexibility index (Phi) is 4.55. The second kappa shape index (κ2) is 7.02. The van der Waals surface area contributed by atoms with Crippen LogP contribution in [0.1, 0.15) is 23.2 Å². The summed E-state index contributed by atoms with van der Waals surface area (Å²) in [6.07, 6.45) is 1.80. The highest BCUT2D eigenvalue weighted by Crippen LogP contribution is 2.29. The van der Waals surface area contributed by atoms with Gasteiger partial charge in [0.05, 0.1) is 6.54 Å². The van der Waals surface area contributed by atoms with Crippen molar-refractivity contribution in [2.75, 3.05) is 32.7 Å². The number of nitrogens with one attached hydrogen (secondary N) is 1. The van der Waals surface area contributed by atoms with Crippen LogP contribution in [0, 0.1) is 5.92 Å². The molecule has 4 heterocycles. The number of rotatable bonds is 3. The third-order valence-corrected chi connectivity index (χ3v) is 5.57. The minimum atomic E-state index is -0.519. The fraction of sp³-hybridized carbons (Fsp3) is 0.474. The smallest absolute Gasteiger partial charge is 0.325 e. The van der Waals surface area contributed by atoms with Gasteiger partial charge in [-0.05, 0) is 30.9 Å². The first-order chi connectivity index (χ1) is 13.0. The molecule has 0 radical (unpaired) electrons. The highest BCUT2D eigenvalue weighted by atomic mass is 16.2. The minimum absolute atomic E-state index is 0.0177. The van der Waals surface area contributed by atoms with Crippen LogP contribution in [-0.4, -0.2) is 77.2 Å². The molecule has 0 unspecified atom stereocenters. The quantitative estimate of drug-likeness (QED) is 0.775. The van der Waals surface area contributed by atoms with Gasteiger partial charge in [0.25, 0.3) is 11.8 Å². The van der Waals surface area contributed by atoms with Crippen molar-refractivity contribution in [1.29, 1.82) is 0 Å². The minimum Gasteiger partial charge on any atom is -0.336 e. The largest absolute Gasteiger partial charge is 0.336 e. The molecule has 4 saturated heterocycles. The lowest BCUT2D eigenvalue weighted by atomic mass is 9.95.